The molecule has 0 heterocycles. The second-order valence-corrected chi connectivity index (χ2v) is 10.0. The molecular weight excluding hydrogens is 198 g/mol. The molecule has 6 heteroatoms. The van der Waals surface area contributed by atoms with Crippen molar-refractivity contribution in [2.45, 2.75) is 13.1 Å². The van der Waals surface area contributed by atoms with Crippen LogP contribution in [0.3, 0.4) is 0 Å². The highest BCUT2D eigenvalue weighted by atomic mass is 28.4. The van der Waals surface area contributed by atoms with Crippen molar-refractivity contribution in [3.8, 4) is 0 Å². The van der Waals surface area contributed by atoms with Gasteiger partial charge in [-0.15, -0.1) is 0 Å². The Morgan fingerprint density at radius 3 is 1.77 bits per heavy atom. The normalized spacial score (nSPS) is 13.4. The Morgan fingerprint density at radius 2 is 1.54 bits per heavy atom. The van der Waals surface area contributed by atoms with Gasteiger partial charge in [0.25, 0.3) is 17.8 Å². The van der Waals surface area contributed by atoms with Crippen molar-refractivity contribution in [2.75, 3.05) is 35.3 Å². The average Bonchev–Trinajstić information content (AvgIpc) is 2.03. The Kier molecular flexibility index (Phi) is 5.34. The molecule has 0 spiro atoms. The summed E-state index contributed by atoms with van der Waals surface area (Å²) in [5, 5.41) is 0. The van der Waals surface area contributed by atoms with Gasteiger partial charge in [-0.3, -0.25) is 0 Å². The van der Waals surface area contributed by atoms with Gasteiger partial charge in [0.1, 0.15) is 0 Å². The lowest BCUT2D eigenvalue weighted by atomic mass is 11.3. The molecule has 13 heavy (non-hydrogen) atoms. The van der Waals surface area contributed by atoms with Crippen LogP contribution in [-0.2, 0) is 4.43 Å². The Hall–Kier alpha value is 0.274. The fraction of sp³-hybridized carbons (Fsp3) is 1.00. The smallest absolute Gasteiger partial charge is 0.293 e. The molecular formula is C7H22N3OSi2. The molecule has 1 radical (unpaired) electrons. The zero-order chi connectivity index (χ0) is 10.6. The molecule has 0 aliphatic rings. The van der Waals surface area contributed by atoms with Gasteiger partial charge in [-0.25, -0.2) is 0 Å². The summed E-state index contributed by atoms with van der Waals surface area (Å²) in [4.78, 5) is 0. The van der Waals surface area contributed by atoms with Crippen LogP contribution in [0.25, 0.3) is 0 Å². The van der Waals surface area contributed by atoms with Gasteiger partial charge in [0.2, 0.25) is 0 Å². The van der Waals surface area contributed by atoms with Crippen molar-refractivity contribution in [3.05, 3.63) is 0 Å². The molecule has 4 nitrogen and oxygen atoms in total. The van der Waals surface area contributed by atoms with Crippen LogP contribution in [0.1, 0.15) is 0 Å². The van der Waals surface area contributed by atoms with E-state index >= 15 is 0 Å². The summed E-state index contributed by atoms with van der Waals surface area (Å²) in [5.74, 6) is 0. The topological polar surface area (TPSA) is 27.7 Å². The Bertz CT molecular complexity index is 147. The molecule has 0 aliphatic carbocycles. The SMILES string of the molecule is CO[Si](C)N[Si](C)(N(C)C)N(C)C. The van der Waals surface area contributed by atoms with E-state index in [0.717, 1.165) is 0 Å². The summed E-state index contributed by atoms with van der Waals surface area (Å²) in [6.45, 7) is 4.41. The van der Waals surface area contributed by atoms with Crippen molar-refractivity contribution in [3.63, 3.8) is 0 Å². The molecule has 0 saturated heterocycles. The van der Waals surface area contributed by atoms with E-state index in [4.69, 9.17) is 4.43 Å². The summed E-state index contributed by atoms with van der Waals surface area (Å²) in [7, 11) is 7.73. The molecule has 79 valence electrons. The van der Waals surface area contributed by atoms with Gasteiger partial charge in [-0.1, -0.05) is 0 Å². The van der Waals surface area contributed by atoms with Gasteiger partial charge in [0.05, 0.1) is 0 Å². The van der Waals surface area contributed by atoms with Crippen LogP contribution in [0, 0.1) is 0 Å². The first-order valence-corrected chi connectivity index (χ1v) is 8.65. The van der Waals surface area contributed by atoms with Gasteiger partial charge in [-0.05, 0) is 41.3 Å². The maximum Gasteiger partial charge on any atom is 0.293 e. The number of nitrogens with one attached hydrogen (secondary N) is 1. The molecule has 0 bridgehead atoms. The Labute approximate surface area is 84.9 Å². The van der Waals surface area contributed by atoms with E-state index < -0.39 is 17.8 Å². The predicted molar refractivity (Wildman–Crippen MR) is 60.8 cm³/mol. The zero-order valence-electron chi connectivity index (χ0n) is 9.80. The summed E-state index contributed by atoms with van der Waals surface area (Å²) in [6, 6.07) is 0. The molecule has 0 amide bonds. The largest absolute Gasteiger partial charge is 0.406 e. The van der Waals surface area contributed by atoms with Crippen molar-refractivity contribution < 1.29 is 4.43 Å². The number of nitrogens with zero attached hydrogens (tertiary/aromatic N) is 2. The Balaban J connectivity index is 4.42. The number of hydrogen-bond donors (Lipinski definition) is 1. The third kappa shape index (κ3) is 3.49. The highest BCUT2D eigenvalue weighted by molar-refractivity contribution is 6.79. The molecule has 0 aromatic heterocycles. The summed E-state index contributed by atoms with van der Waals surface area (Å²) < 4.78 is 13.5. The molecule has 0 unspecified atom stereocenters. The third-order valence-electron chi connectivity index (χ3n) is 2.46. The van der Waals surface area contributed by atoms with E-state index in [1.807, 2.05) is 0 Å². The van der Waals surface area contributed by atoms with Crippen molar-refractivity contribution in [2.24, 2.45) is 0 Å². The van der Waals surface area contributed by atoms with Gasteiger partial charge >= 0.3 is 0 Å². The van der Waals surface area contributed by atoms with E-state index in [1.165, 1.54) is 0 Å². The van der Waals surface area contributed by atoms with Crippen LogP contribution in [0.15, 0.2) is 0 Å². The zero-order valence-corrected chi connectivity index (χ0v) is 11.8. The fourth-order valence-electron chi connectivity index (χ4n) is 1.01. The summed E-state index contributed by atoms with van der Waals surface area (Å²) in [5.41, 5.74) is 0. The Morgan fingerprint density at radius 1 is 1.15 bits per heavy atom. The van der Waals surface area contributed by atoms with E-state index in [2.05, 4.69) is 55.1 Å². The first-order valence-electron chi connectivity index (χ1n) is 4.35. The van der Waals surface area contributed by atoms with Gasteiger partial charge in [0, 0.05) is 7.11 Å². The summed E-state index contributed by atoms with van der Waals surface area (Å²) in [6.07, 6.45) is 0. The fourth-order valence-corrected chi connectivity index (χ4v) is 6.67. The molecule has 0 aliphatic heterocycles. The van der Waals surface area contributed by atoms with Crippen LogP contribution >= 0.6 is 0 Å². The first-order chi connectivity index (χ1) is 5.84. The molecule has 0 saturated carbocycles. The minimum absolute atomic E-state index is 0.846. The quantitative estimate of drug-likeness (QED) is 0.662. The van der Waals surface area contributed by atoms with Gasteiger partial charge in [-0.2, -0.15) is 0 Å². The lowest BCUT2D eigenvalue weighted by Crippen LogP contribution is -2.71. The second kappa shape index (κ2) is 5.23. The third-order valence-corrected chi connectivity index (χ3v) is 9.86. The minimum atomic E-state index is -1.65. The maximum absolute atomic E-state index is 5.32. The standard InChI is InChI=1S/C7H22N3OSi2/c1-9(2)13(7,10(3)4)8-12(6)11-5/h8H,1-7H3. The van der Waals surface area contributed by atoms with Crippen LogP contribution in [0.2, 0.25) is 13.1 Å². The molecule has 0 rings (SSSR count). The lowest BCUT2D eigenvalue weighted by Gasteiger charge is -2.40. The van der Waals surface area contributed by atoms with E-state index in [0.29, 0.717) is 0 Å². The van der Waals surface area contributed by atoms with Crippen LogP contribution in [-0.4, -0.2) is 62.2 Å². The second-order valence-electron chi connectivity index (χ2n) is 3.69. The molecule has 0 aromatic rings. The molecule has 0 aromatic carbocycles. The average molecular weight is 220 g/mol. The molecule has 0 fully saturated rings. The van der Waals surface area contributed by atoms with Crippen molar-refractivity contribution >= 4 is 17.8 Å². The monoisotopic (exact) mass is 220 g/mol. The maximum atomic E-state index is 5.32. The van der Waals surface area contributed by atoms with Gasteiger partial charge < -0.3 is 18.2 Å². The van der Waals surface area contributed by atoms with Gasteiger partial charge in [0.15, 0.2) is 0 Å². The van der Waals surface area contributed by atoms with Crippen molar-refractivity contribution in [1.29, 1.82) is 0 Å². The molecule has 1 N–H and O–H groups in total. The van der Waals surface area contributed by atoms with Crippen LogP contribution < -0.4 is 4.65 Å². The predicted octanol–water partition coefficient (Wildman–Crippen LogP) is 0.0323. The van der Waals surface area contributed by atoms with E-state index in [1.54, 1.807) is 7.11 Å². The van der Waals surface area contributed by atoms with Crippen LogP contribution in [0.5, 0.6) is 0 Å². The van der Waals surface area contributed by atoms with Crippen LogP contribution in [0.4, 0.5) is 0 Å². The highest BCUT2D eigenvalue weighted by Crippen LogP contribution is 2.05. The number of hydrogen-bond acceptors (Lipinski definition) is 4. The van der Waals surface area contributed by atoms with Crippen molar-refractivity contribution in [1.82, 2.24) is 13.8 Å². The van der Waals surface area contributed by atoms with E-state index in [-0.39, 0.29) is 0 Å². The number of rotatable bonds is 5. The highest BCUT2D eigenvalue weighted by Gasteiger charge is 2.35. The first kappa shape index (κ1) is 13.3. The molecule has 0 atom stereocenters. The lowest BCUT2D eigenvalue weighted by molar-refractivity contribution is 0.408. The van der Waals surface area contributed by atoms with E-state index in [9.17, 15) is 0 Å². The minimum Gasteiger partial charge on any atom is -0.406 e. The summed E-state index contributed by atoms with van der Waals surface area (Å²) >= 11 is 0.